The van der Waals surface area contributed by atoms with E-state index in [1.165, 1.54) is 5.56 Å². The van der Waals surface area contributed by atoms with E-state index < -0.39 is 0 Å². The van der Waals surface area contributed by atoms with Crippen molar-refractivity contribution in [3.05, 3.63) is 29.8 Å². The summed E-state index contributed by atoms with van der Waals surface area (Å²) >= 11 is 0. The zero-order chi connectivity index (χ0) is 10.7. The van der Waals surface area contributed by atoms with E-state index in [0.717, 1.165) is 18.5 Å². The van der Waals surface area contributed by atoms with Crippen LogP contribution in [0.4, 0.5) is 5.69 Å². The Morgan fingerprint density at radius 1 is 1.40 bits per heavy atom. The lowest BCUT2D eigenvalue weighted by atomic mass is 10.2. The number of ether oxygens (including phenoxy) is 1. The molecule has 1 unspecified atom stereocenters. The molecule has 0 radical (unpaired) electrons. The van der Waals surface area contributed by atoms with Crippen LogP contribution >= 0.6 is 0 Å². The molecule has 15 heavy (non-hydrogen) atoms. The monoisotopic (exact) mass is 205 g/mol. The van der Waals surface area contributed by atoms with Crippen LogP contribution in [-0.2, 0) is 9.53 Å². The molecule has 0 bridgehead atoms. The number of rotatable bonds is 2. The Kier molecular flexibility index (Phi) is 3.02. The van der Waals surface area contributed by atoms with Crippen LogP contribution in [0, 0.1) is 6.92 Å². The van der Waals surface area contributed by atoms with Crippen molar-refractivity contribution in [2.45, 2.75) is 25.9 Å². The minimum atomic E-state index is -0.258. The normalized spacial score (nSPS) is 20.2. The highest BCUT2D eigenvalue weighted by atomic mass is 16.5. The molecule has 0 aromatic heterocycles. The molecule has 1 amide bonds. The first-order valence-corrected chi connectivity index (χ1v) is 5.25. The Labute approximate surface area is 89.4 Å². The van der Waals surface area contributed by atoms with Gasteiger partial charge in [-0.3, -0.25) is 4.79 Å². The maximum absolute atomic E-state index is 11.7. The molecule has 1 heterocycles. The number of nitrogens with one attached hydrogen (secondary N) is 1. The lowest BCUT2D eigenvalue weighted by Gasteiger charge is -2.10. The van der Waals surface area contributed by atoms with Crippen molar-refractivity contribution in [2.75, 3.05) is 11.9 Å². The topological polar surface area (TPSA) is 38.3 Å². The minimum absolute atomic E-state index is 0.0312. The van der Waals surface area contributed by atoms with E-state index >= 15 is 0 Å². The lowest BCUT2D eigenvalue weighted by molar-refractivity contribution is -0.124. The van der Waals surface area contributed by atoms with Crippen LogP contribution in [0.5, 0.6) is 0 Å². The summed E-state index contributed by atoms with van der Waals surface area (Å²) in [4.78, 5) is 11.7. The maximum atomic E-state index is 11.7. The van der Waals surface area contributed by atoms with Gasteiger partial charge >= 0.3 is 0 Å². The SMILES string of the molecule is Cc1ccc(NC(=O)C2CCCO2)cc1. The minimum Gasteiger partial charge on any atom is -0.368 e. The van der Waals surface area contributed by atoms with E-state index in [4.69, 9.17) is 4.74 Å². The summed E-state index contributed by atoms with van der Waals surface area (Å²) in [7, 11) is 0. The molecule has 0 aliphatic carbocycles. The van der Waals surface area contributed by atoms with Gasteiger partial charge in [-0.15, -0.1) is 0 Å². The quantitative estimate of drug-likeness (QED) is 0.803. The van der Waals surface area contributed by atoms with Gasteiger partial charge in [0.1, 0.15) is 6.10 Å². The number of anilines is 1. The molecular formula is C12H15NO2. The zero-order valence-electron chi connectivity index (χ0n) is 8.82. The van der Waals surface area contributed by atoms with Gasteiger partial charge in [0.05, 0.1) is 0 Å². The molecule has 1 aromatic carbocycles. The molecule has 1 atom stereocenters. The smallest absolute Gasteiger partial charge is 0.253 e. The molecule has 2 rings (SSSR count). The van der Waals surface area contributed by atoms with Crippen molar-refractivity contribution in [3.8, 4) is 0 Å². The molecule has 1 aromatic rings. The van der Waals surface area contributed by atoms with E-state index in [1.807, 2.05) is 31.2 Å². The van der Waals surface area contributed by atoms with E-state index in [-0.39, 0.29) is 12.0 Å². The Bertz CT molecular complexity index is 339. The molecule has 80 valence electrons. The van der Waals surface area contributed by atoms with Crippen molar-refractivity contribution in [3.63, 3.8) is 0 Å². The Hall–Kier alpha value is -1.35. The summed E-state index contributed by atoms with van der Waals surface area (Å²) in [5, 5.41) is 2.85. The summed E-state index contributed by atoms with van der Waals surface area (Å²) in [6.07, 6.45) is 1.55. The van der Waals surface area contributed by atoms with Gasteiger partial charge < -0.3 is 10.1 Å². The fourth-order valence-electron chi connectivity index (χ4n) is 1.64. The number of benzene rings is 1. The van der Waals surface area contributed by atoms with Crippen LogP contribution in [0.25, 0.3) is 0 Å². The zero-order valence-corrected chi connectivity index (χ0v) is 8.82. The number of hydrogen-bond acceptors (Lipinski definition) is 2. The van der Waals surface area contributed by atoms with Gasteiger partial charge in [-0.25, -0.2) is 0 Å². The van der Waals surface area contributed by atoms with Gasteiger partial charge in [0.15, 0.2) is 0 Å². The molecule has 3 nitrogen and oxygen atoms in total. The van der Waals surface area contributed by atoms with E-state index in [9.17, 15) is 4.79 Å². The maximum Gasteiger partial charge on any atom is 0.253 e. The second-order valence-corrected chi connectivity index (χ2v) is 3.86. The van der Waals surface area contributed by atoms with Gasteiger partial charge in [0.2, 0.25) is 0 Å². The van der Waals surface area contributed by atoms with Crippen LogP contribution in [0.2, 0.25) is 0 Å². The molecule has 1 saturated heterocycles. The second-order valence-electron chi connectivity index (χ2n) is 3.86. The molecule has 1 aliphatic heterocycles. The number of hydrogen-bond donors (Lipinski definition) is 1. The van der Waals surface area contributed by atoms with Crippen molar-refractivity contribution in [2.24, 2.45) is 0 Å². The number of amides is 1. The lowest BCUT2D eigenvalue weighted by Crippen LogP contribution is -2.26. The predicted octanol–water partition coefficient (Wildman–Crippen LogP) is 2.11. The summed E-state index contributed by atoms with van der Waals surface area (Å²) in [6, 6.07) is 7.76. The highest BCUT2D eigenvalue weighted by molar-refractivity contribution is 5.94. The first-order valence-electron chi connectivity index (χ1n) is 5.25. The average molecular weight is 205 g/mol. The van der Waals surface area contributed by atoms with Crippen molar-refractivity contribution in [1.82, 2.24) is 0 Å². The van der Waals surface area contributed by atoms with Crippen LogP contribution in [0.15, 0.2) is 24.3 Å². The Morgan fingerprint density at radius 3 is 2.73 bits per heavy atom. The van der Waals surface area contributed by atoms with E-state index in [1.54, 1.807) is 0 Å². The molecule has 1 aliphatic rings. The van der Waals surface area contributed by atoms with E-state index in [2.05, 4.69) is 5.32 Å². The average Bonchev–Trinajstić information content (AvgIpc) is 2.74. The summed E-state index contributed by atoms with van der Waals surface area (Å²) in [6.45, 7) is 2.72. The van der Waals surface area contributed by atoms with Gasteiger partial charge in [0, 0.05) is 12.3 Å². The van der Waals surface area contributed by atoms with Crippen molar-refractivity contribution < 1.29 is 9.53 Å². The molecule has 1 fully saturated rings. The van der Waals surface area contributed by atoms with Gasteiger partial charge in [0.25, 0.3) is 5.91 Å². The third kappa shape index (κ3) is 2.57. The number of carbonyl (C=O) groups excluding carboxylic acids is 1. The van der Waals surface area contributed by atoms with Crippen LogP contribution in [0.1, 0.15) is 18.4 Å². The summed E-state index contributed by atoms with van der Waals surface area (Å²) in [5.74, 6) is -0.0312. The van der Waals surface area contributed by atoms with Gasteiger partial charge in [-0.2, -0.15) is 0 Å². The first kappa shape index (κ1) is 10.2. The molecule has 3 heteroatoms. The third-order valence-electron chi connectivity index (χ3n) is 2.54. The summed E-state index contributed by atoms with van der Waals surface area (Å²) in [5.41, 5.74) is 2.02. The number of carbonyl (C=O) groups is 1. The highest BCUT2D eigenvalue weighted by Gasteiger charge is 2.23. The molecular weight excluding hydrogens is 190 g/mol. The summed E-state index contributed by atoms with van der Waals surface area (Å²) < 4.78 is 5.30. The van der Waals surface area contributed by atoms with Crippen molar-refractivity contribution in [1.29, 1.82) is 0 Å². The van der Waals surface area contributed by atoms with Crippen LogP contribution < -0.4 is 5.32 Å². The molecule has 0 spiro atoms. The van der Waals surface area contributed by atoms with Gasteiger partial charge in [-0.05, 0) is 31.9 Å². The largest absolute Gasteiger partial charge is 0.368 e. The Morgan fingerprint density at radius 2 is 2.13 bits per heavy atom. The van der Waals surface area contributed by atoms with Gasteiger partial charge in [-0.1, -0.05) is 17.7 Å². The van der Waals surface area contributed by atoms with Crippen LogP contribution in [-0.4, -0.2) is 18.6 Å². The van der Waals surface area contributed by atoms with Crippen LogP contribution in [0.3, 0.4) is 0 Å². The standard InChI is InChI=1S/C12H15NO2/c1-9-4-6-10(7-5-9)13-12(14)11-3-2-8-15-11/h4-7,11H,2-3,8H2,1H3,(H,13,14). The highest BCUT2D eigenvalue weighted by Crippen LogP contribution is 2.15. The second kappa shape index (κ2) is 4.45. The molecule has 1 N–H and O–H groups in total. The fraction of sp³-hybridized carbons (Fsp3) is 0.417. The Balaban J connectivity index is 1.96. The number of aryl methyl sites for hydroxylation is 1. The third-order valence-corrected chi connectivity index (χ3v) is 2.54. The fourth-order valence-corrected chi connectivity index (χ4v) is 1.64. The first-order chi connectivity index (χ1) is 7.25. The molecule has 0 saturated carbocycles. The van der Waals surface area contributed by atoms with E-state index in [0.29, 0.717) is 6.61 Å². The van der Waals surface area contributed by atoms with Crippen molar-refractivity contribution >= 4 is 11.6 Å². The predicted molar refractivity (Wildman–Crippen MR) is 58.8 cm³/mol.